The highest BCUT2D eigenvalue weighted by atomic mass is 16.5. The maximum Gasteiger partial charge on any atom is 0.315 e. The number of hydrogen-bond acceptors (Lipinski definition) is 7. The molecule has 0 spiro atoms. The molecular formula is C31H43N7O5. The van der Waals surface area contributed by atoms with E-state index in [1.807, 2.05) is 13.8 Å². The molecule has 232 valence electrons. The van der Waals surface area contributed by atoms with Crippen molar-refractivity contribution in [2.24, 2.45) is 5.92 Å². The maximum absolute atomic E-state index is 13.8. The predicted octanol–water partition coefficient (Wildman–Crippen LogP) is 3.36. The Balaban J connectivity index is 1.67. The molecule has 12 heteroatoms. The molecule has 0 radical (unpaired) electrons. The number of nitrogens with zero attached hydrogens (tertiary/aromatic N) is 4. The number of amides is 5. The molecule has 5 amide bonds. The van der Waals surface area contributed by atoms with Crippen LogP contribution in [0.5, 0.6) is 5.75 Å². The van der Waals surface area contributed by atoms with Crippen molar-refractivity contribution in [1.82, 2.24) is 30.4 Å². The second-order valence-corrected chi connectivity index (χ2v) is 11.8. The van der Waals surface area contributed by atoms with Gasteiger partial charge in [0.25, 0.3) is 5.91 Å². The number of hydrogen-bond donors (Lipinski definition) is 3. The number of fused-ring (bicyclic) bond motifs is 10. The van der Waals surface area contributed by atoms with Gasteiger partial charge in [-0.05, 0) is 69.2 Å². The number of aromatic nitrogens is 2. The van der Waals surface area contributed by atoms with E-state index in [4.69, 9.17) is 4.74 Å². The van der Waals surface area contributed by atoms with Gasteiger partial charge in [-0.1, -0.05) is 13.8 Å². The molecule has 3 aliphatic heterocycles. The van der Waals surface area contributed by atoms with Gasteiger partial charge in [0.15, 0.2) is 5.82 Å². The molecule has 1 fully saturated rings. The van der Waals surface area contributed by atoms with E-state index in [2.05, 4.69) is 25.9 Å². The molecule has 0 unspecified atom stereocenters. The first kappa shape index (κ1) is 31.7. The topological polar surface area (TPSA) is 146 Å². The Morgan fingerprint density at radius 3 is 2.60 bits per heavy atom. The van der Waals surface area contributed by atoms with Crippen LogP contribution in [0.2, 0.25) is 0 Å². The van der Waals surface area contributed by atoms with Gasteiger partial charge >= 0.3 is 6.03 Å². The van der Waals surface area contributed by atoms with Crippen molar-refractivity contribution in [3.05, 3.63) is 35.7 Å². The minimum absolute atomic E-state index is 0.146. The summed E-state index contributed by atoms with van der Waals surface area (Å²) in [5, 5.41) is 8.56. The summed E-state index contributed by atoms with van der Waals surface area (Å²) >= 11 is 0. The quantitative estimate of drug-likeness (QED) is 0.493. The maximum atomic E-state index is 13.8. The first-order valence-electron chi connectivity index (χ1n) is 15.0. The molecule has 0 saturated carbocycles. The number of benzene rings is 1. The van der Waals surface area contributed by atoms with Gasteiger partial charge in [-0.15, -0.1) is 0 Å². The SMILES string of the molecule is CC(=O)Nc1cc2ccc1OC[C@@H]1CCCN1C(=O)[C@@H](NC(=O)NCC(C)C)CCCCN(C)C(=O)c1cc(C)nc-2n1. The van der Waals surface area contributed by atoms with Crippen LogP contribution in [0.25, 0.3) is 11.4 Å². The smallest absolute Gasteiger partial charge is 0.315 e. The Bertz CT molecular complexity index is 1350. The summed E-state index contributed by atoms with van der Waals surface area (Å²) in [4.78, 5) is 64.4. The summed E-state index contributed by atoms with van der Waals surface area (Å²) in [6.07, 6.45) is 3.30. The normalized spacial score (nSPS) is 19.7. The van der Waals surface area contributed by atoms with Gasteiger partial charge in [0.2, 0.25) is 11.8 Å². The van der Waals surface area contributed by atoms with Crippen LogP contribution in [-0.2, 0) is 9.59 Å². The van der Waals surface area contributed by atoms with Gasteiger partial charge in [0.1, 0.15) is 24.1 Å². The molecule has 4 heterocycles. The van der Waals surface area contributed by atoms with Crippen molar-refractivity contribution in [3.63, 3.8) is 0 Å². The largest absolute Gasteiger partial charge is 0.489 e. The Morgan fingerprint density at radius 1 is 1.07 bits per heavy atom. The highest BCUT2D eigenvalue weighted by Crippen LogP contribution is 2.31. The van der Waals surface area contributed by atoms with E-state index >= 15 is 0 Å². The molecule has 0 aliphatic carbocycles. The average Bonchev–Trinajstić information content (AvgIpc) is 3.43. The fourth-order valence-corrected chi connectivity index (χ4v) is 5.33. The number of rotatable bonds is 4. The summed E-state index contributed by atoms with van der Waals surface area (Å²) in [5.74, 6) is 0.422. The third-order valence-corrected chi connectivity index (χ3v) is 7.57. The van der Waals surface area contributed by atoms with Crippen LogP contribution in [0.4, 0.5) is 10.5 Å². The molecule has 2 atom stereocenters. The lowest BCUT2D eigenvalue weighted by atomic mass is 10.1. The zero-order valence-electron chi connectivity index (χ0n) is 25.7. The molecule has 4 bridgehead atoms. The van der Waals surface area contributed by atoms with E-state index in [1.54, 1.807) is 48.0 Å². The minimum atomic E-state index is -0.711. The van der Waals surface area contributed by atoms with Crippen LogP contribution in [-0.4, -0.2) is 88.9 Å². The lowest BCUT2D eigenvalue weighted by Gasteiger charge is -2.30. The fourth-order valence-electron chi connectivity index (χ4n) is 5.33. The van der Waals surface area contributed by atoms with Crippen molar-refractivity contribution in [3.8, 4) is 17.1 Å². The summed E-state index contributed by atoms with van der Waals surface area (Å²) in [6.45, 7) is 8.98. The summed E-state index contributed by atoms with van der Waals surface area (Å²) in [5.41, 5.74) is 1.96. The van der Waals surface area contributed by atoms with Crippen molar-refractivity contribution in [2.75, 3.05) is 38.6 Å². The van der Waals surface area contributed by atoms with Crippen LogP contribution >= 0.6 is 0 Å². The third kappa shape index (κ3) is 8.42. The van der Waals surface area contributed by atoms with Gasteiger partial charge < -0.3 is 30.5 Å². The monoisotopic (exact) mass is 593 g/mol. The van der Waals surface area contributed by atoms with Crippen molar-refractivity contribution in [1.29, 1.82) is 0 Å². The van der Waals surface area contributed by atoms with Crippen molar-refractivity contribution < 1.29 is 23.9 Å². The number of aryl methyl sites for hydroxylation is 1. The van der Waals surface area contributed by atoms with Crippen LogP contribution in [0.1, 0.15) is 69.1 Å². The summed E-state index contributed by atoms with van der Waals surface area (Å²) < 4.78 is 6.20. The van der Waals surface area contributed by atoms with Crippen LogP contribution < -0.4 is 20.7 Å². The molecule has 1 aromatic heterocycles. The average molecular weight is 594 g/mol. The third-order valence-electron chi connectivity index (χ3n) is 7.57. The molecule has 5 rings (SSSR count). The Kier molecular flexibility index (Phi) is 10.5. The minimum Gasteiger partial charge on any atom is -0.489 e. The molecule has 43 heavy (non-hydrogen) atoms. The van der Waals surface area contributed by atoms with Crippen LogP contribution in [0, 0.1) is 12.8 Å². The molecule has 3 N–H and O–H groups in total. The molecule has 1 saturated heterocycles. The van der Waals surface area contributed by atoms with E-state index in [0.29, 0.717) is 67.4 Å². The van der Waals surface area contributed by atoms with E-state index in [1.165, 1.54) is 6.92 Å². The lowest BCUT2D eigenvalue weighted by Crippen LogP contribution is -2.53. The van der Waals surface area contributed by atoms with E-state index < -0.39 is 6.04 Å². The van der Waals surface area contributed by atoms with Gasteiger partial charge in [0, 0.05) is 44.9 Å². The number of anilines is 1. The van der Waals surface area contributed by atoms with E-state index in [0.717, 1.165) is 12.8 Å². The summed E-state index contributed by atoms with van der Waals surface area (Å²) in [6, 6.07) is 5.63. The number of ether oxygens (including phenoxy) is 1. The Labute approximate surface area is 253 Å². The van der Waals surface area contributed by atoms with E-state index in [-0.39, 0.29) is 48.0 Å². The molecule has 3 aliphatic rings. The van der Waals surface area contributed by atoms with Gasteiger partial charge in [-0.2, -0.15) is 0 Å². The predicted molar refractivity (Wildman–Crippen MR) is 163 cm³/mol. The van der Waals surface area contributed by atoms with Gasteiger partial charge in [-0.3, -0.25) is 14.4 Å². The standard InChI is InChI=1S/C31H43N7O5/c1-19(2)17-32-31(42)36-24-10-6-7-13-37(5)29(40)26-15-20(3)33-28(35-26)22-11-12-27(25(16-22)34-21(4)39)43-18-23-9-8-14-38(23)30(24)41/h11-12,15-16,19,23-24H,6-10,13-14,17-18H2,1-5H3,(H,34,39)(H2,32,36,42)/t23-,24-/m0/s1. The number of carbonyl (C=O) groups excluding carboxylic acids is 4. The highest BCUT2D eigenvalue weighted by Gasteiger charge is 2.34. The second-order valence-electron chi connectivity index (χ2n) is 11.8. The van der Waals surface area contributed by atoms with Crippen molar-refractivity contribution in [2.45, 2.75) is 71.9 Å². The molecular weight excluding hydrogens is 550 g/mol. The number of nitrogens with one attached hydrogen (secondary N) is 3. The van der Waals surface area contributed by atoms with E-state index in [9.17, 15) is 19.2 Å². The van der Waals surface area contributed by atoms with Gasteiger partial charge in [0.05, 0.1) is 11.7 Å². The molecule has 12 nitrogen and oxygen atoms in total. The highest BCUT2D eigenvalue weighted by molar-refractivity contribution is 5.93. The number of carbonyl (C=O) groups is 4. The second kappa shape index (κ2) is 14.3. The Morgan fingerprint density at radius 2 is 1.86 bits per heavy atom. The van der Waals surface area contributed by atoms with Crippen molar-refractivity contribution >= 4 is 29.4 Å². The Hall–Kier alpha value is -4.22. The zero-order valence-corrected chi connectivity index (χ0v) is 25.7. The van der Waals surface area contributed by atoms with Crippen LogP contribution in [0.15, 0.2) is 24.3 Å². The number of urea groups is 1. The summed E-state index contributed by atoms with van der Waals surface area (Å²) in [7, 11) is 1.72. The zero-order chi connectivity index (χ0) is 31.1. The van der Waals surface area contributed by atoms with Gasteiger partial charge in [-0.25, -0.2) is 14.8 Å². The molecule has 2 aromatic rings. The molecule has 1 aromatic carbocycles. The van der Waals surface area contributed by atoms with Crippen LogP contribution in [0.3, 0.4) is 0 Å². The first-order valence-corrected chi connectivity index (χ1v) is 15.0. The lowest BCUT2D eigenvalue weighted by molar-refractivity contribution is -0.134. The first-order chi connectivity index (χ1) is 20.5. The fraction of sp³-hybridized carbons (Fsp3) is 0.548.